The van der Waals surface area contributed by atoms with Crippen molar-refractivity contribution in [2.24, 2.45) is 0 Å². The molecule has 5 nitrogen and oxygen atoms in total. The lowest BCUT2D eigenvalue weighted by Crippen LogP contribution is -2.14. The predicted molar refractivity (Wildman–Crippen MR) is 75.9 cm³/mol. The molecule has 3 rings (SSSR count). The van der Waals surface area contributed by atoms with Crippen molar-refractivity contribution < 1.29 is 0 Å². The number of benzene rings is 1. The number of hydrogen-bond donors (Lipinski definition) is 2. The molecule has 0 aliphatic heterocycles. The second-order valence-electron chi connectivity index (χ2n) is 4.96. The third kappa shape index (κ3) is 2.37. The molecule has 0 fully saturated rings. The van der Waals surface area contributed by atoms with Crippen LogP contribution in [0.1, 0.15) is 5.56 Å². The van der Waals surface area contributed by atoms with Crippen LogP contribution in [0.25, 0.3) is 22.3 Å². The van der Waals surface area contributed by atoms with Gasteiger partial charge in [-0.15, -0.1) is 0 Å². The number of nitrogens with one attached hydrogen (secondary N) is 2. The van der Waals surface area contributed by atoms with Gasteiger partial charge in [0.25, 0.3) is 0 Å². The Balaban J connectivity index is 1.98. The first-order chi connectivity index (χ1) is 9.24. The number of likely N-dealkylation sites (N-methyl/N-ethyl adjacent to an activating group) is 1. The zero-order valence-corrected chi connectivity index (χ0v) is 11.1. The molecule has 0 saturated heterocycles. The van der Waals surface area contributed by atoms with Gasteiger partial charge in [-0.05, 0) is 44.3 Å². The molecule has 1 aromatic carbocycles. The SMILES string of the molecule is CN(C)CCc1c[nH]c2ccc(-c3ncn[nH]3)cc12. The maximum atomic E-state index is 4.20. The van der Waals surface area contributed by atoms with Crippen LogP contribution in [-0.2, 0) is 6.42 Å². The van der Waals surface area contributed by atoms with Crippen LogP contribution in [0.4, 0.5) is 0 Å². The van der Waals surface area contributed by atoms with Gasteiger partial charge >= 0.3 is 0 Å². The standard InChI is InChI=1S/C14H17N5/c1-19(2)6-5-11-8-15-13-4-3-10(7-12(11)13)14-16-9-17-18-14/h3-4,7-9,15H,5-6H2,1-2H3,(H,16,17,18). The zero-order chi connectivity index (χ0) is 13.2. The highest BCUT2D eigenvalue weighted by Crippen LogP contribution is 2.24. The van der Waals surface area contributed by atoms with Crippen molar-refractivity contribution in [2.75, 3.05) is 20.6 Å². The van der Waals surface area contributed by atoms with Crippen LogP contribution in [0.2, 0.25) is 0 Å². The van der Waals surface area contributed by atoms with Crippen LogP contribution in [0.3, 0.4) is 0 Å². The van der Waals surface area contributed by atoms with E-state index in [1.165, 1.54) is 17.3 Å². The fourth-order valence-corrected chi connectivity index (χ4v) is 2.22. The van der Waals surface area contributed by atoms with Crippen LogP contribution in [0.15, 0.2) is 30.7 Å². The van der Waals surface area contributed by atoms with Crippen molar-refractivity contribution >= 4 is 10.9 Å². The summed E-state index contributed by atoms with van der Waals surface area (Å²) in [6, 6.07) is 6.30. The van der Waals surface area contributed by atoms with Crippen LogP contribution < -0.4 is 0 Å². The minimum absolute atomic E-state index is 0.807. The molecule has 0 atom stereocenters. The van der Waals surface area contributed by atoms with E-state index in [1.807, 2.05) is 0 Å². The predicted octanol–water partition coefficient (Wildman–Crippen LogP) is 2.06. The molecule has 0 amide bonds. The van der Waals surface area contributed by atoms with Gasteiger partial charge in [0.15, 0.2) is 5.82 Å². The molecule has 2 aromatic heterocycles. The first-order valence-electron chi connectivity index (χ1n) is 6.34. The molecule has 3 aromatic rings. The highest BCUT2D eigenvalue weighted by atomic mass is 15.2. The monoisotopic (exact) mass is 255 g/mol. The minimum atomic E-state index is 0.807. The van der Waals surface area contributed by atoms with E-state index >= 15 is 0 Å². The van der Waals surface area contributed by atoms with Crippen LogP contribution in [-0.4, -0.2) is 45.7 Å². The molecule has 2 heterocycles. The molecule has 0 spiro atoms. The van der Waals surface area contributed by atoms with Gasteiger partial charge in [0, 0.05) is 29.2 Å². The van der Waals surface area contributed by atoms with E-state index in [2.05, 4.69) is 63.6 Å². The Morgan fingerprint density at radius 2 is 2.16 bits per heavy atom. The van der Waals surface area contributed by atoms with Gasteiger partial charge in [0.2, 0.25) is 0 Å². The molecule has 19 heavy (non-hydrogen) atoms. The van der Waals surface area contributed by atoms with Crippen LogP contribution in [0.5, 0.6) is 0 Å². The minimum Gasteiger partial charge on any atom is -0.361 e. The molecular formula is C14H17N5. The van der Waals surface area contributed by atoms with Gasteiger partial charge in [-0.25, -0.2) is 4.98 Å². The van der Waals surface area contributed by atoms with Gasteiger partial charge < -0.3 is 9.88 Å². The fourth-order valence-electron chi connectivity index (χ4n) is 2.22. The molecule has 0 aliphatic rings. The lowest BCUT2D eigenvalue weighted by atomic mass is 10.1. The van der Waals surface area contributed by atoms with Crippen LogP contribution >= 0.6 is 0 Å². The van der Waals surface area contributed by atoms with Crippen molar-refractivity contribution in [2.45, 2.75) is 6.42 Å². The second-order valence-corrected chi connectivity index (χ2v) is 4.96. The largest absolute Gasteiger partial charge is 0.361 e. The molecular weight excluding hydrogens is 238 g/mol. The molecule has 0 aliphatic carbocycles. The van der Waals surface area contributed by atoms with Crippen LogP contribution in [0, 0.1) is 0 Å². The van der Waals surface area contributed by atoms with E-state index in [1.54, 1.807) is 0 Å². The smallest absolute Gasteiger partial charge is 0.155 e. The van der Waals surface area contributed by atoms with E-state index in [9.17, 15) is 0 Å². The van der Waals surface area contributed by atoms with Gasteiger partial charge in [0.05, 0.1) is 0 Å². The summed E-state index contributed by atoms with van der Waals surface area (Å²) in [5, 5.41) is 8.06. The molecule has 98 valence electrons. The van der Waals surface area contributed by atoms with Crippen molar-refractivity contribution in [3.8, 4) is 11.4 Å². The summed E-state index contributed by atoms with van der Waals surface area (Å²) in [5.41, 5.74) is 3.57. The van der Waals surface area contributed by atoms with E-state index in [0.717, 1.165) is 29.9 Å². The maximum absolute atomic E-state index is 4.20. The number of aromatic nitrogens is 4. The summed E-state index contributed by atoms with van der Waals surface area (Å²) in [4.78, 5) is 9.71. The van der Waals surface area contributed by atoms with E-state index in [-0.39, 0.29) is 0 Å². The Hall–Kier alpha value is -2.14. The number of H-pyrrole nitrogens is 2. The lowest BCUT2D eigenvalue weighted by molar-refractivity contribution is 0.414. The van der Waals surface area contributed by atoms with E-state index in [0.29, 0.717) is 0 Å². The number of aromatic amines is 2. The third-order valence-corrected chi connectivity index (χ3v) is 3.28. The summed E-state index contributed by atoms with van der Waals surface area (Å²) < 4.78 is 0. The van der Waals surface area contributed by atoms with Crippen molar-refractivity contribution in [3.05, 3.63) is 36.3 Å². The Kier molecular flexibility index (Phi) is 3.05. The topological polar surface area (TPSA) is 60.6 Å². The van der Waals surface area contributed by atoms with E-state index in [4.69, 9.17) is 0 Å². The Morgan fingerprint density at radius 1 is 1.26 bits per heavy atom. The van der Waals surface area contributed by atoms with Gasteiger partial charge in [-0.1, -0.05) is 0 Å². The first kappa shape index (κ1) is 11.9. The summed E-state index contributed by atoms with van der Waals surface area (Å²) in [7, 11) is 4.18. The summed E-state index contributed by atoms with van der Waals surface area (Å²) >= 11 is 0. The van der Waals surface area contributed by atoms with E-state index < -0.39 is 0 Å². The third-order valence-electron chi connectivity index (χ3n) is 3.28. The molecule has 0 saturated carbocycles. The Morgan fingerprint density at radius 3 is 2.89 bits per heavy atom. The lowest BCUT2D eigenvalue weighted by Gasteiger charge is -2.08. The van der Waals surface area contributed by atoms with Gasteiger partial charge in [-0.3, -0.25) is 5.10 Å². The zero-order valence-electron chi connectivity index (χ0n) is 11.1. The number of rotatable bonds is 4. The summed E-state index contributed by atoms with van der Waals surface area (Å²) in [6.07, 6.45) is 4.66. The number of fused-ring (bicyclic) bond motifs is 1. The average Bonchev–Trinajstić information content (AvgIpc) is 3.05. The summed E-state index contributed by atoms with van der Waals surface area (Å²) in [6.45, 7) is 1.04. The Labute approximate surface area is 111 Å². The average molecular weight is 255 g/mol. The van der Waals surface area contributed by atoms with Crippen molar-refractivity contribution in [1.82, 2.24) is 25.1 Å². The maximum Gasteiger partial charge on any atom is 0.155 e. The van der Waals surface area contributed by atoms with Crippen molar-refractivity contribution in [3.63, 3.8) is 0 Å². The molecule has 2 N–H and O–H groups in total. The Bertz CT molecular complexity index is 666. The molecule has 0 radical (unpaired) electrons. The molecule has 5 heteroatoms. The molecule has 0 bridgehead atoms. The normalized spacial score (nSPS) is 11.5. The van der Waals surface area contributed by atoms with Gasteiger partial charge in [0.1, 0.15) is 6.33 Å². The highest BCUT2D eigenvalue weighted by molar-refractivity contribution is 5.87. The first-order valence-corrected chi connectivity index (χ1v) is 6.34. The number of nitrogens with zero attached hydrogens (tertiary/aromatic N) is 3. The second kappa shape index (κ2) is 4.85. The quantitative estimate of drug-likeness (QED) is 0.750. The highest BCUT2D eigenvalue weighted by Gasteiger charge is 2.07. The van der Waals surface area contributed by atoms with Gasteiger partial charge in [-0.2, -0.15) is 5.10 Å². The number of hydrogen-bond acceptors (Lipinski definition) is 3. The fraction of sp³-hybridized carbons (Fsp3) is 0.286. The molecule has 0 unspecified atom stereocenters. The van der Waals surface area contributed by atoms with Crippen molar-refractivity contribution in [1.29, 1.82) is 0 Å². The summed E-state index contributed by atoms with van der Waals surface area (Å²) in [5.74, 6) is 0.807.